The van der Waals surface area contributed by atoms with Crippen molar-refractivity contribution in [1.82, 2.24) is 8.87 Å². The Morgan fingerprint density at radius 1 is 1.25 bits per heavy atom. The monoisotopic (exact) mass is 477 g/mol. The molecule has 0 N–H and O–H groups in total. The van der Waals surface area contributed by atoms with Crippen LogP contribution >= 0.6 is 11.3 Å². The zero-order chi connectivity index (χ0) is 22.9. The van der Waals surface area contributed by atoms with Crippen molar-refractivity contribution in [3.8, 4) is 5.75 Å². The van der Waals surface area contributed by atoms with Gasteiger partial charge in [-0.3, -0.25) is 4.79 Å². The predicted molar refractivity (Wildman–Crippen MR) is 120 cm³/mol. The fourth-order valence-electron chi connectivity index (χ4n) is 3.88. The minimum absolute atomic E-state index is 0.0857. The number of carbonyl (C=O) groups is 1. The number of ether oxygens (including phenoxy) is 1. The van der Waals surface area contributed by atoms with Gasteiger partial charge in [0.1, 0.15) is 11.6 Å². The van der Waals surface area contributed by atoms with Gasteiger partial charge < -0.3 is 9.30 Å². The summed E-state index contributed by atoms with van der Waals surface area (Å²) in [6.07, 6.45) is 1.15. The molecule has 10 heteroatoms. The summed E-state index contributed by atoms with van der Waals surface area (Å²) in [6.45, 7) is 2.96. The molecule has 1 aliphatic rings. The van der Waals surface area contributed by atoms with Crippen LogP contribution in [-0.2, 0) is 21.4 Å². The molecule has 0 aliphatic carbocycles. The molecule has 170 valence electrons. The number of methoxy groups -OCH3 is 1. The first kappa shape index (κ1) is 22.6. The Morgan fingerprint density at radius 3 is 2.69 bits per heavy atom. The molecule has 1 fully saturated rings. The van der Waals surface area contributed by atoms with Gasteiger partial charge in [-0.05, 0) is 62.2 Å². The van der Waals surface area contributed by atoms with E-state index in [0.29, 0.717) is 41.2 Å². The van der Waals surface area contributed by atoms with Crippen LogP contribution in [0.2, 0.25) is 0 Å². The Hall–Kier alpha value is -2.56. The van der Waals surface area contributed by atoms with Crippen LogP contribution in [0.25, 0.3) is 10.2 Å². The zero-order valence-corrected chi connectivity index (χ0v) is 19.5. The first-order valence-electron chi connectivity index (χ1n) is 10.3. The highest BCUT2D eigenvalue weighted by Gasteiger charge is 2.33. The third-order valence-electron chi connectivity index (χ3n) is 5.60. The fraction of sp³-hybridized carbons (Fsp3) is 0.364. The van der Waals surface area contributed by atoms with E-state index in [-0.39, 0.29) is 23.2 Å². The molecule has 7 nitrogen and oxygen atoms in total. The van der Waals surface area contributed by atoms with Crippen LogP contribution < -0.4 is 9.54 Å². The second-order valence-electron chi connectivity index (χ2n) is 7.57. The second-order valence-corrected chi connectivity index (χ2v) is 10.5. The molecule has 1 saturated heterocycles. The van der Waals surface area contributed by atoms with Crippen molar-refractivity contribution in [1.29, 1.82) is 0 Å². The molecule has 2 heterocycles. The number of carbonyl (C=O) groups excluding carboxylic acids is 1. The summed E-state index contributed by atoms with van der Waals surface area (Å²) >= 11 is 1.25. The molecular weight excluding hydrogens is 453 g/mol. The van der Waals surface area contributed by atoms with Crippen molar-refractivity contribution >= 4 is 37.5 Å². The molecule has 1 amide bonds. The number of hydrogen-bond acceptors (Lipinski definition) is 5. The van der Waals surface area contributed by atoms with Gasteiger partial charge in [0.2, 0.25) is 10.0 Å². The number of fused-ring (bicyclic) bond motifs is 1. The SMILES string of the molecule is CCn1c(=NC(=O)C2CCCN(S(=O)(=O)c3ccc(OC)cc3)C2)sc2cc(F)ccc21. The highest BCUT2D eigenvalue weighted by Crippen LogP contribution is 2.26. The largest absolute Gasteiger partial charge is 0.497 e. The van der Waals surface area contributed by atoms with Crippen LogP contribution in [-0.4, -0.2) is 43.4 Å². The summed E-state index contributed by atoms with van der Waals surface area (Å²) in [7, 11) is -2.21. The van der Waals surface area contributed by atoms with E-state index in [2.05, 4.69) is 4.99 Å². The van der Waals surface area contributed by atoms with Crippen molar-refractivity contribution in [2.45, 2.75) is 31.2 Å². The van der Waals surface area contributed by atoms with Gasteiger partial charge in [-0.15, -0.1) is 0 Å². The number of hydrogen-bond donors (Lipinski definition) is 0. The average Bonchev–Trinajstić information content (AvgIpc) is 3.14. The zero-order valence-electron chi connectivity index (χ0n) is 17.8. The molecule has 1 aromatic heterocycles. The van der Waals surface area contributed by atoms with E-state index in [1.165, 1.54) is 47.0 Å². The lowest BCUT2D eigenvalue weighted by atomic mass is 9.99. The third kappa shape index (κ3) is 4.35. The van der Waals surface area contributed by atoms with Crippen LogP contribution in [0.5, 0.6) is 5.75 Å². The molecule has 1 aliphatic heterocycles. The lowest BCUT2D eigenvalue weighted by Gasteiger charge is -2.30. The van der Waals surface area contributed by atoms with E-state index in [1.807, 2.05) is 11.5 Å². The van der Waals surface area contributed by atoms with Gasteiger partial charge in [0.15, 0.2) is 4.80 Å². The van der Waals surface area contributed by atoms with Gasteiger partial charge in [0, 0.05) is 19.6 Å². The predicted octanol–water partition coefficient (Wildman–Crippen LogP) is 3.40. The summed E-state index contributed by atoms with van der Waals surface area (Å²) in [4.78, 5) is 18.0. The Kier molecular flexibility index (Phi) is 6.45. The average molecular weight is 478 g/mol. The Balaban J connectivity index is 1.59. The molecule has 0 spiro atoms. The van der Waals surface area contributed by atoms with Crippen molar-refractivity contribution in [3.05, 3.63) is 53.1 Å². The molecule has 3 aromatic rings. The number of piperidine rings is 1. The molecule has 4 rings (SSSR count). The quantitative estimate of drug-likeness (QED) is 0.564. The van der Waals surface area contributed by atoms with Crippen molar-refractivity contribution in [2.75, 3.05) is 20.2 Å². The number of sulfonamides is 1. The lowest BCUT2D eigenvalue weighted by molar-refractivity contribution is -0.122. The number of nitrogens with zero attached hydrogens (tertiary/aromatic N) is 3. The second kappa shape index (κ2) is 9.13. The molecule has 1 unspecified atom stereocenters. The van der Waals surface area contributed by atoms with Crippen LogP contribution in [0.15, 0.2) is 52.4 Å². The molecule has 1 atom stereocenters. The minimum Gasteiger partial charge on any atom is -0.497 e. The molecule has 0 radical (unpaired) electrons. The molecule has 2 aromatic carbocycles. The first-order valence-corrected chi connectivity index (χ1v) is 12.6. The lowest BCUT2D eigenvalue weighted by Crippen LogP contribution is -2.42. The highest BCUT2D eigenvalue weighted by atomic mass is 32.2. The summed E-state index contributed by atoms with van der Waals surface area (Å²) < 4.78 is 48.8. The first-order chi connectivity index (χ1) is 15.3. The summed E-state index contributed by atoms with van der Waals surface area (Å²) in [5.41, 5.74) is 0.817. The summed E-state index contributed by atoms with van der Waals surface area (Å²) in [5.74, 6) is -0.647. The molecule has 32 heavy (non-hydrogen) atoms. The maximum atomic E-state index is 13.6. The minimum atomic E-state index is -3.72. The topological polar surface area (TPSA) is 81.0 Å². The van der Waals surface area contributed by atoms with Crippen LogP contribution in [0, 0.1) is 11.7 Å². The Bertz CT molecular complexity index is 1310. The van der Waals surface area contributed by atoms with Gasteiger partial charge in [-0.25, -0.2) is 12.8 Å². The Morgan fingerprint density at radius 2 is 2.00 bits per heavy atom. The van der Waals surface area contributed by atoms with Gasteiger partial charge >= 0.3 is 0 Å². The third-order valence-corrected chi connectivity index (χ3v) is 8.52. The van der Waals surface area contributed by atoms with Crippen LogP contribution in [0.3, 0.4) is 0 Å². The van der Waals surface area contributed by atoms with E-state index >= 15 is 0 Å². The van der Waals surface area contributed by atoms with E-state index in [4.69, 9.17) is 4.74 Å². The van der Waals surface area contributed by atoms with E-state index < -0.39 is 15.9 Å². The van der Waals surface area contributed by atoms with Gasteiger partial charge in [0.05, 0.1) is 28.1 Å². The molecule has 0 bridgehead atoms. The standard InChI is InChI=1S/C22H24FN3O4S2/c1-3-26-19-11-6-16(23)13-20(19)31-22(26)24-21(27)15-5-4-12-25(14-15)32(28,29)18-9-7-17(30-2)8-10-18/h6-11,13,15H,3-5,12,14H2,1-2H3. The van der Waals surface area contributed by atoms with Crippen molar-refractivity contribution in [3.63, 3.8) is 0 Å². The van der Waals surface area contributed by atoms with Gasteiger partial charge in [-0.2, -0.15) is 9.30 Å². The smallest absolute Gasteiger partial charge is 0.252 e. The van der Waals surface area contributed by atoms with E-state index in [9.17, 15) is 17.6 Å². The van der Waals surface area contributed by atoms with Crippen molar-refractivity contribution < 1.29 is 22.3 Å². The van der Waals surface area contributed by atoms with Crippen LogP contribution in [0.1, 0.15) is 19.8 Å². The highest BCUT2D eigenvalue weighted by molar-refractivity contribution is 7.89. The van der Waals surface area contributed by atoms with Gasteiger partial charge in [-0.1, -0.05) is 11.3 Å². The molecular formula is C22H24FN3O4S2. The van der Waals surface area contributed by atoms with E-state index in [0.717, 1.165) is 5.52 Å². The van der Waals surface area contributed by atoms with E-state index in [1.54, 1.807) is 18.2 Å². The maximum absolute atomic E-state index is 13.6. The number of benzene rings is 2. The van der Waals surface area contributed by atoms with Crippen molar-refractivity contribution in [2.24, 2.45) is 10.9 Å². The normalized spacial score (nSPS) is 18.2. The number of aromatic nitrogens is 1. The molecule has 0 saturated carbocycles. The number of amides is 1. The van der Waals surface area contributed by atoms with Crippen LogP contribution in [0.4, 0.5) is 4.39 Å². The Labute approximate surface area is 189 Å². The summed E-state index contributed by atoms with van der Waals surface area (Å²) in [6, 6.07) is 10.7. The number of halogens is 1. The maximum Gasteiger partial charge on any atom is 0.252 e. The van der Waals surface area contributed by atoms with Gasteiger partial charge in [0.25, 0.3) is 5.91 Å². The fourth-order valence-corrected chi connectivity index (χ4v) is 6.53. The number of aryl methyl sites for hydroxylation is 1. The number of thiazole rings is 1. The number of rotatable bonds is 5. The summed E-state index contributed by atoms with van der Waals surface area (Å²) in [5, 5.41) is 0.